The molecule has 1 aliphatic heterocycles. The molecule has 1 aromatic rings. The normalized spacial score (nSPS) is 16.0. The van der Waals surface area contributed by atoms with Crippen molar-refractivity contribution in [3.63, 3.8) is 0 Å². The highest BCUT2D eigenvalue weighted by Crippen LogP contribution is 2.15. The van der Waals surface area contributed by atoms with Gasteiger partial charge in [0.15, 0.2) is 5.96 Å². The van der Waals surface area contributed by atoms with Gasteiger partial charge in [-0.15, -0.1) is 0 Å². The van der Waals surface area contributed by atoms with Crippen LogP contribution in [0.2, 0.25) is 0 Å². The number of likely N-dealkylation sites (N-methyl/N-ethyl adjacent to an activating group) is 1. The van der Waals surface area contributed by atoms with Crippen molar-refractivity contribution in [1.82, 2.24) is 25.8 Å². The fourth-order valence-corrected chi connectivity index (χ4v) is 2.91. The van der Waals surface area contributed by atoms with E-state index in [1.807, 2.05) is 40.0 Å². The van der Waals surface area contributed by atoms with E-state index in [1.54, 1.807) is 0 Å². The van der Waals surface area contributed by atoms with Gasteiger partial charge in [0.25, 0.3) is 0 Å². The maximum atomic E-state index is 12.0. The van der Waals surface area contributed by atoms with E-state index < -0.39 is 0 Å². The van der Waals surface area contributed by atoms with E-state index >= 15 is 0 Å². The van der Waals surface area contributed by atoms with Gasteiger partial charge in [0.2, 0.25) is 5.91 Å². The molecule has 1 aromatic heterocycles. The number of nitrogens with zero attached hydrogens (tertiary/aromatic N) is 4. The molecule has 8 heteroatoms. The van der Waals surface area contributed by atoms with Crippen LogP contribution in [0, 0.1) is 0 Å². The summed E-state index contributed by atoms with van der Waals surface area (Å²) in [4.78, 5) is 25.8. The van der Waals surface area contributed by atoms with Crippen LogP contribution in [-0.4, -0.2) is 73.6 Å². The third kappa shape index (κ3) is 7.72. The number of amides is 1. The van der Waals surface area contributed by atoms with Crippen molar-refractivity contribution in [2.45, 2.75) is 39.8 Å². The largest absolute Gasteiger partial charge is 0.357 e. The van der Waals surface area contributed by atoms with E-state index in [0.29, 0.717) is 12.5 Å². The van der Waals surface area contributed by atoms with Gasteiger partial charge in [-0.05, 0) is 52.4 Å². The van der Waals surface area contributed by atoms with Gasteiger partial charge in [-0.1, -0.05) is 0 Å². The van der Waals surface area contributed by atoms with E-state index in [-0.39, 0.29) is 18.0 Å². The quantitative estimate of drug-likeness (QED) is 0.493. The molecule has 1 fully saturated rings. The minimum absolute atomic E-state index is 0.0561. The number of rotatable bonds is 6. The minimum Gasteiger partial charge on any atom is -0.357 e. The van der Waals surface area contributed by atoms with Crippen molar-refractivity contribution in [3.8, 4) is 0 Å². The first-order chi connectivity index (χ1) is 13.3. The molecule has 0 radical (unpaired) electrons. The van der Waals surface area contributed by atoms with Gasteiger partial charge in [0.05, 0.1) is 13.1 Å². The topological polar surface area (TPSA) is 84.9 Å². The number of anilines is 1. The number of hydrogen-bond donors (Lipinski definition) is 3. The summed E-state index contributed by atoms with van der Waals surface area (Å²) >= 11 is 0. The Hall–Kier alpha value is -2.35. The van der Waals surface area contributed by atoms with Crippen LogP contribution in [0.25, 0.3) is 0 Å². The molecule has 8 nitrogen and oxygen atoms in total. The van der Waals surface area contributed by atoms with Gasteiger partial charge in [0, 0.05) is 44.5 Å². The van der Waals surface area contributed by atoms with E-state index in [1.165, 1.54) is 0 Å². The van der Waals surface area contributed by atoms with Crippen LogP contribution in [0.5, 0.6) is 0 Å². The molecule has 28 heavy (non-hydrogen) atoms. The van der Waals surface area contributed by atoms with Gasteiger partial charge < -0.3 is 25.8 Å². The Morgan fingerprint density at radius 2 is 1.93 bits per heavy atom. The van der Waals surface area contributed by atoms with Gasteiger partial charge in [0.1, 0.15) is 5.82 Å². The fourth-order valence-electron chi connectivity index (χ4n) is 2.91. The average molecular weight is 390 g/mol. The molecule has 0 aliphatic carbocycles. The maximum absolute atomic E-state index is 12.0. The second-order valence-electron chi connectivity index (χ2n) is 8.16. The second kappa shape index (κ2) is 10.3. The van der Waals surface area contributed by atoms with Crippen molar-refractivity contribution in [2.24, 2.45) is 4.99 Å². The molecule has 3 N–H and O–H groups in total. The lowest BCUT2D eigenvalue weighted by molar-refractivity contribution is -0.121. The summed E-state index contributed by atoms with van der Waals surface area (Å²) in [6.07, 6.45) is 1.84. The first-order valence-electron chi connectivity index (χ1n) is 9.98. The molecule has 2 rings (SSSR count). The summed E-state index contributed by atoms with van der Waals surface area (Å²) < 4.78 is 0. The van der Waals surface area contributed by atoms with Crippen molar-refractivity contribution < 1.29 is 4.79 Å². The molecule has 0 spiro atoms. The van der Waals surface area contributed by atoms with Crippen LogP contribution in [0.15, 0.2) is 23.3 Å². The molecule has 0 bridgehead atoms. The number of carbonyl (C=O) groups excluding carboxylic acids is 1. The highest BCUT2D eigenvalue weighted by molar-refractivity contribution is 5.86. The van der Waals surface area contributed by atoms with E-state index in [0.717, 1.165) is 44.1 Å². The zero-order valence-electron chi connectivity index (χ0n) is 17.9. The molecule has 2 heterocycles. The zero-order chi connectivity index (χ0) is 20.6. The lowest BCUT2D eigenvalue weighted by Gasteiger charge is -2.33. The van der Waals surface area contributed by atoms with Gasteiger partial charge in [-0.3, -0.25) is 4.79 Å². The number of hydrogen-bond acceptors (Lipinski definition) is 5. The summed E-state index contributed by atoms with van der Waals surface area (Å²) in [5.41, 5.74) is 0.852. The van der Waals surface area contributed by atoms with Crippen molar-refractivity contribution >= 4 is 17.7 Å². The molecule has 1 aliphatic rings. The predicted octanol–water partition coefficient (Wildman–Crippen LogP) is 0.803. The number of aliphatic imine (C=N–C) groups is 1. The molecule has 0 unspecified atom stereocenters. The van der Waals surface area contributed by atoms with Gasteiger partial charge >= 0.3 is 0 Å². The standard InChI is InChI=1S/C20H35N7O/c1-6-21-19(24-15-18(28)25-20(2,3)4)23-14-16-7-8-22-17(13-16)27-11-9-26(5)10-12-27/h7-8,13H,6,9-12,14-15H2,1-5H3,(H,25,28)(H2,21,23,24). The van der Waals surface area contributed by atoms with Crippen LogP contribution in [0.1, 0.15) is 33.3 Å². The fraction of sp³-hybridized carbons (Fsp3) is 0.650. The SMILES string of the molecule is CCNC(=NCc1ccnc(N2CCN(C)CC2)c1)NCC(=O)NC(C)(C)C. The van der Waals surface area contributed by atoms with E-state index in [9.17, 15) is 4.79 Å². The highest BCUT2D eigenvalue weighted by atomic mass is 16.2. The third-order valence-electron chi connectivity index (χ3n) is 4.33. The number of nitrogens with one attached hydrogen (secondary N) is 3. The maximum Gasteiger partial charge on any atom is 0.239 e. The van der Waals surface area contributed by atoms with Crippen molar-refractivity contribution in [1.29, 1.82) is 0 Å². The summed E-state index contributed by atoms with van der Waals surface area (Å²) in [5, 5.41) is 9.21. The summed E-state index contributed by atoms with van der Waals surface area (Å²) in [7, 11) is 2.15. The molecule has 1 saturated heterocycles. The van der Waals surface area contributed by atoms with Crippen LogP contribution >= 0.6 is 0 Å². The number of pyridine rings is 1. The molecular weight excluding hydrogens is 354 g/mol. The summed E-state index contributed by atoms with van der Waals surface area (Å²) in [6.45, 7) is 13.4. The molecule has 0 atom stereocenters. The first kappa shape index (κ1) is 21.9. The third-order valence-corrected chi connectivity index (χ3v) is 4.33. The Labute approximate surface area is 168 Å². The molecule has 0 aromatic carbocycles. The van der Waals surface area contributed by atoms with Crippen molar-refractivity contribution in [2.75, 3.05) is 51.2 Å². The monoisotopic (exact) mass is 389 g/mol. The minimum atomic E-state index is -0.245. The van der Waals surface area contributed by atoms with E-state index in [2.05, 4.69) is 48.8 Å². The van der Waals surface area contributed by atoms with Gasteiger partial charge in [-0.25, -0.2) is 9.98 Å². The number of guanidine groups is 1. The highest BCUT2D eigenvalue weighted by Gasteiger charge is 2.16. The van der Waals surface area contributed by atoms with Crippen molar-refractivity contribution in [3.05, 3.63) is 23.9 Å². The smallest absolute Gasteiger partial charge is 0.239 e. The lowest BCUT2D eigenvalue weighted by Crippen LogP contribution is -2.48. The summed E-state index contributed by atoms with van der Waals surface area (Å²) in [6, 6.07) is 4.09. The Balaban J connectivity index is 1.94. The number of carbonyl (C=O) groups is 1. The Kier molecular flexibility index (Phi) is 8.04. The summed E-state index contributed by atoms with van der Waals surface area (Å²) in [5.74, 6) is 1.58. The Bertz CT molecular complexity index is 661. The Morgan fingerprint density at radius 3 is 2.57 bits per heavy atom. The van der Waals surface area contributed by atoms with Crippen LogP contribution < -0.4 is 20.9 Å². The molecule has 0 saturated carbocycles. The predicted molar refractivity (Wildman–Crippen MR) is 115 cm³/mol. The zero-order valence-corrected chi connectivity index (χ0v) is 17.9. The lowest BCUT2D eigenvalue weighted by atomic mass is 10.1. The van der Waals surface area contributed by atoms with E-state index in [4.69, 9.17) is 0 Å². The van der Waals surface area contributed by atoms with Crippen LogP contribution in [-0.2, 0) is 11.3 Å². The number of aromatic nitrogens is 1. The van der Waals surface area contributed by atoms with Gasteiger partial charge in [-0.2, -0.15) is 0 Å². The van der Waals surface area contributed by atoms with Crippen LogP contribution in [0.4, 0.5) is 5.82 Å². The van der Waals surface area contributed by atoms with Crippen LogP contribution in [0.3, 0.4) is 0 Å². The molecule has 1 amide bonds. The molecule has 156 valence electrons. The Morgan fingerprint density at radius 1 is 1.21 bits per heavy atom. The first-order valence-corrected chi connectivity index (χ1v) is 9.98. The number of piperazine rings is 1. The second-order valence-corrected chi connectivity index (χ2v) is 8.16. The molecular formula is C20H35N7O. The average Bonchev–Trinajstić information content (AvgIpc) is 2.63.